The second-order valence-corrected chi connectivity index (χ2v) is 4.48. The van der Waals surface area contributed by atoms with E-state index in [0.717, 1.165) is 37.5 Å². The van der Waals surface area contributed by atoms with Gasteiger partial charge in [0.1, 0.15) is 5.75 Å². The van der Waals surface area contributed by atoms with Crippen LogP contribution < -0.4 is 4.74 Å². The van der Waals surface area contributed by atoms with Crippen LogP contribution in [0.1, 0.15) is 19.3 Å². The monoisotopic (exact) mass is 244 g/mol. The Balaban J connectivity index is 2.30. The van der Waals surface area contributed by atoms with Crippen molar-refractivity contribution < 1.29 is 4.74 Å². The molecule has 0 unspecified atom stereocenters. The highest BCUT2D eigenvalue weighted by Gasteiger charge is 2.00. The lowest BCUT2D eigenvalue weighted by atomic mass is 10.3. The minimum absolute atomic E-state index is 0.751. The van der Waals surface area contributed by atoms with Gasteiger partial charge in [-0.15, -0.1) is 23.4 Å². The molecular weight excluding hydrogens is 228 g/mol. The smallest absolute Gasteiger partial charge is 0.132 e. The first-order chi connectivity index (χ1) is 7.38. The zero-order chi connectivity index (χ0) is 10.9. The Morgan fingerprint density at radius 1 is 1.20 bits per heavy atom. The standard InChI is InChI=1S/C12H17ClOS/c1-15-12-8-4-3-7-11(12)14-10-6-2-5-9-13/h3-4,7-8H,2,5-6,9-10H2,1H3. The number of hydrogen-bond acceptors (Lipinski definition) is 2. The Kier molecular flexibility index (Phi) is 6.69. The number of rotatable bonds is 7. The summed E-state index contributed by atoms with van der Waals surface area (Å²) < 4.78 is 5.71. The van der Waals surface area contributed by atoms with Gasteiger partial charge in [0.25, 0.3) is 0 Å². The van der Waals surface area contributed by atoms with Crippen molar-refractivity contribution in [3.63, 3.8) is 0 Å². The molecule has 0 fully saturated rings. The SMILES string of the molecule is CSc1ccccc1OCCCCCCl. The van der Waals surface area contributed by atoms with Crippen LogP contribution in [0.2, 0.25) is 0 Å². The van der Waals surface area contributed by atoms with E-state index in [9.17, 15) is 0 Å². The average molecular weight is 245 g/mol. The average Bonchev–Trinajstić information content (AvgIpc) is 2.29. The van der Waals surface area contributed by atoms with E-state index in [2.05, 4.69) is 12.3 Å². The number of unbranched alkanes of at least 4 members (excludes halogenated alkanes) is 2. The van der Waals surface area contributed by atoms with Crippen LogP contribution in [-0.2, 0) is 0 Å². The zero-order valence-electron chi connectivity index (χ0n) is 9.04. The predicted molar refractivity (Wildman–Crippen MR) is 68.3 cm³/mol. The Morgan fingerprint density at radius 3 is 2.73 bits per heavy atom. The van der Waals surface area contributed by atoms with Crippen LogP contribution in [0.3, 0.4) is 0 Å². The van der Waals surface area contributed by atoms with Crippen molar-refractivity contribution in [1.29, 1.82) is 0 Å². The van der Waals surface area contributed by atoms with E-state index in [1.54, 1.807) is 11.8 Å². The summed E-state index contributed by atoms with van der Waals surface area (Å²) in [6.45, 7) is 0.786. The quantitative estimate of drug-likeness (QED) is 0.404. The Hall–Kier alpha value is -0.340. The fraction of sp³-hybridized carbons (Fsp3) is 0.500. The van der Waals surface area contributed by atoms with Gasteiger partial charge in [-0.05, 0) is 37.7 Å². The van der Waals surface area contributed by atoms with Crippen molar-refractivity contribution in [2.24, 2.45) is 0 Å². The molecule has 0 N–H and O–H groups in total. The molecule has 0 aliphatic carbocycles. The van der Waals surface area contributed by atoms with E-state index in [4.69, 9.17) is 16.3 Å². The number of alkyl halides is 1. The van der Waals surface area contributed by atoms with Gasteiger partial charge in [-0.3, -0.25) is 0 Å². The predicted octanol–water partition coefficient (Wildman–Crippen LogP) is 4.20. The van der Waals surface area contributed by atoms with Gasteiger partial charge >= 0.3 is 0 Å². The van der Waals surface area contributed by atoms with Crippen LogP contribution in [-0.4, -0.2) is 18.7 Å². The summed E-state index contributed by atoms with van der Waals surface area (Å²) in [5.41, 5.74) is 0. The molecule has 1 nitrogen and oxygen atoms in total. The Labute approximate surface area is 101 Å². The van der Waals surface area contributed by atoms with Crippen molar-refractivity contribution in [2.45, 2.75) is 24.2 Å². The molecule has 84 valence electrons. The highest BCUT2D eigenvalue weighted by molar-refractivity contribution is 7.98. The van der Waals surface area contributed by atoms with Gasteiger partial charge in [0, 0.05) is 10.8 Å². The summed E-state index contributed by atoms with van der Waals surface area (Å²) in [6, 6.07) is 8.14. The van der Waals surface area contributed by atoms with E-state index in [0.29, 0.717) is 0 Å². The molecule has 1 rings (SSSR count). The van der Waals surface area contributed by atoms with Crippen molar-refractivity contribution in [1.82, 2.24) is 0 Å². The molecule has 0 radical (unpaired) electrons. The first kappa shape index (κ1) is 12.7. The molecule has 0 aliphatic rings. The summed E-state index contributed by atoms with van der Waals surface area (Å²) in [7, 11) is 0. The van der Waals surface area contributed by atoms with E-state index in [-0.39, 0.29) is 0 Å². The van der Waals surface area contributed by atoms with Gasteiger partial charge < -0.3 is 4.74 Å². The highest BCUT2D eigenvalue weighted by atomic mass is 35.5. The third kappa shape index (κ3) is 4.80. The van der Waals surface area contributed by atoms with E-state index >= 15 is 0 Å². The molecular formula is C12H17ClOS. The van der Waals surface area contributed by atoms with Crippen LogP contribution >= 0.6 is 23.4 Å². The molecule has 0 bridgehead atoms. The van der Waals surface area contributed by atoms with Gasteiger partial charge in [-0.2, -0.15) is 0 Å². The van der Waals surface area contributed by atoms with Crippen molar-refractivity contribution in [2.75, 3.05) is 18.7 Å². The van der Waals surface area contributed by atoms with Crippen LogP contribution in [0.15, 0.2) is 29.2 Å². The van der Waals surface area contributed by atoms with Crippen LogP contribution in [0, 0.1) is 0 Å². The van der Waals surface area contributed by atoms with Crippen LogP contribution in [0.5, 0.6) is 5.75 Å². The summed E-state index contributed by atoms with van der Waals surface area (Å²) >= 11 is 7.32. The molecule has 0 atom stereocenters. The molecule has 0 heterocycles. The van der Waals surface area contributed by atoms with E-state index < -0.39 is 0 Å². The van der Waals surface area contributed by atoms with Gasteiger partial charge in [-0.25, -0.2) is 0 Å². The number of hydrogen-bond donors (Lipinski definition) is 0. The van der Waals surface area contributed by atoms with Gasteiger partial charge in [0.05, 0.1) is 6.61 Å². The first-order valence-electron chi connectivity index (χ1n) is 5.20. The van der Waals surface area contributed by atoms with Crippen molar-refractivity contribution in [3.05, 3.63) is 24.3 Å². The molecule has 0 spiro atoms. The molecule has 1 aromatic rings. The maximum Gasteiger partial charge on any atom is 0.132 e. The first-order valence-corrected chi connectivity index (χ1v) is 6.96. The Morgan fingerprint density at radius 2 is 2.00 bits per heavy atom. The van der Waals surface area contributed by atoms with Crippen LogP contribution in [0.25, 0.3) is 0 Å². The lowest BCUT2D eigenvalue weighted by Crippen LogP contribution is -1.98. The largest absolute Gasteiger partial charge is 0.492 e. The number of benzene rings is 1. The van der Waals surface area contributed by atoms with Gasteiger partial charge in [0.15, 0.2) is 0 Å². The van der Waals surface area contributed by atoms with Gasteiger partial charge in [-0.1, -0.05) is 12.1 Å². The molecule has 3 heteroatoms. The molecule has 1 aromatic carbocycles. The number of halogens is 1. The molecule has 15 heavy (non-hydrogen) atoms. The summed E-state index contributed by atoms with van der Waals surface area (Å²) in [6.07, 6.45) is 5.37. The fourth-order valence-electron chi connectivity index (χ4n) is 1.29. The number of ether oxygens (including phenoxy) is 1. The fourth-order valence-corrected chi connectivity index (χ4v) is 2.03. The zero-order valence-corrected chi connectivity index (χ0v) is 10.6. The van der Waals surface area contributed by atoms with Crippen LogP contribution in [0.4, 0.5) is 0 Å². The topological polar surface area (TPSA) is 9.23 Å². The minimum atomic E-state index is 0.751. The summed E-state index contributed by atoms with van der Waals surface area (Å²) in [4.78, 5) is 1.20. The molecule has 0 amide bonds. The third-order valence-electron chi connectivity index (χ3n) is 2.10. The molecule has 0 aromatic heterocycles. The van der Waals surface area contributed by atoms with E-state index in [1.165, 1.54) is 4.90 Å². The minimum Gasteiger partial charge on any atom is -0.492 e. The van der Waals surface area contributed by atoms with Crippen molar-refractivity contribution >= 4 is 23.4 Å². The molecule has 0 saturated carbocycles. The normalized spacial score (nSPS) is 10.3. The maximum absolute atomic E-state index is 5.71. The van der Waals surface area contributed by atoms with Gasteiger partial charge in [0.2, 0.25) is 0 Å². The lowest BCUT2D eigenvalue weighted by Gasteiger charge is -2.09. The summed E-state index contributed by atoms with van der Waals surface area (Å²) in [5, 5.41) is 0. The third-order valence-corrected chi connectivity index (χ3v) is 3.15. The number of para-hydroxylation sites is 1. The molecule has 0 aliphatic heterocycles. The second-order valence-electron chi connectivity index (χ2n) is 3.25. The lowest BCUT2D eigenvalue weighted by molar-refractivity contribution is 0.300. The van der Waals surface area contributed by atoms with Crippen molar-refractivity contribution in [3.8, 4) is 5.75 Å². The highest BCUT2D eigenvalue weighted by Crippen LogP contribution is 2.26. The second kappa shape index (κ2) is 7.89. The maximum atomic E-state index is 5.71. The van der Waals surface area contributed by atoms with E-state index in [1.807, 2.05) is 18.2 Å². The Bertz CT molecular complexity index is 278. The summed E-state index contributed by atoms with van der Waals surface area (Å²) in [5.74, 6) is 1.75. The molecule has 0 saturated heterocycles. The number of thioether (sulfide) groups is 1.